The Kier molecular flexibility index (Phi) is 4.85. The van der Waals surface area contributed by atoms with Crippen LogP contribution in [-0.4, -0.2) is 50.4 Å². The standard InChI is InChI=1S/C17H24N4O2/c1-17(2,3)14(10-22)21(5)16(23)13-8-6-12(7-9-13)15-18-11-20(4)19-15/h6-9,11,14,22H,10H2,1-5H3. The lowest BCUT2D eigenvalue weighted by atomic mass is 9.86. The van der Waals surface area contributed by atoms with Crippen LogP contribution < -0.4 is 0 Å². The molecule has 0 aliphatic heterocycles. The molecule has 0 aliphatic rings. The SMILES string of the molecule is CN(C(=O)c1ccc(-c2ncn(C)n2)cc1)C(CO)C(C)(C)C. The average Bonchev–Trinajstić information content (AvgIpc) is 2.92. The van der Waals surface area contributed by atoms with Crippen LogP contribution in [0.3, 0.4) is 0 Å². The van der Waals surface area contributed by atoms with Gasteiger partial charge in [-0.2, -0.15) is 5.10 Å². The van der Waals surface area contributed by atoms with Crippen molar-refractivity contribution in [1.82, 2.24) is 19.7 Å². The minimum absolute atomic E-state index is 0.0678. The van der Waals surface area contributed by atoms with Gasteiger partial charge in [0.05, 0.1) is 12.6 Å². The Hall–Kier alpha value is -2.21. The second kappa shape index (κ2) is 6.50. The van der Waals surface area contributed by atoms with Gasteiger partial charge in [0.25, 0.3) is 5.91 Å². The van der Waals surface area contributed by atoms with E-state index < -0.39 is 0 Å². The van der Waals surface area contributed by atoms with Crippen LogP contribution in [0.15, 0.2) is 30.6 Å². The summed E-state index contributed by atoms with van der Waals surface area (Å²) in [6.07, 6.45) is 1.64. The van der Waals surface area contributed by atoms with Crippen molar-refractivity contribution >= 4 is 5.91 Å². The molecule has 0 saturated heterocycles. The maximum Gasteiger partial charge on any atom is 0.253 e. The van der Waals surface area contributed by atoms with Gasteiger partial charge in [-0.05, 0) is 17.5 Å². The third-order valence-corrected chi connectivity index (χ3v) is 3.95. The van der Waals surface area contributed by atoms with Gasteiger partial charge in [-0.15, -0.1) is 0 Å². The number of rotatable bonds is 4. The minimum Gasteiger partial charge on any atom is -0.394 e. The fraction of sp³-hybridized carbons (Fsp3) is 0.471. The third kappa shape index (κ3) is 3.76. The Bertz CT molecular complexity index is 671. The monoisotopic (exact) mass is 316 g/mol. The van der Waals surface area contributed by atoms with Crippen molar-refractivity contribution in [1.29, 1.82) is 0 Å². The highest BCUT2D eigenvalue weighted by Crippen LogP contribution is 2.25. The highest BCUT2D eigenvalue weighted by molar-refractivity contribution is 5.94. The van der Waals surface area contributed by atoms with Crippen LogP contribution >= 0.6 is 0 Å². The molecule has 0 fully saturated rings. The Labute approximate surface area is 136 Å². The van der Waals surface area contributed by atoms with Gasteiger partial charge in [0, 0.05) is 25.2 Å². The topological polar surface area (TPSA) is 71.2 Å². The molecule has 6 heteroatoms. The van der Waals surface area contributed by atoms with Crippen LogP contribution in [0.5, 0.6) is 0 Å². The Morgan fingerprint density at radius 3 is 2.35 bits per heavy atom. The second-order valence-electron chi connectivity index (χ2n) is 6.80. The lowest BCUT2D eigenvalue weighted by Crippen LogP contribution is -2.47. The fourth-order valence-corrected chi connectivity index (χ4v) is 2.56. The summed E-state index contributed by atoms with van der Waals surface area (Å²) in [4.78, 5) is 18.4. The van der Waals surface area contributed by atoms with Gasteiger partial charge in [0.15, 0.2) is 5.82 Å². The number of amides is 1. The van der Waals surface area contributed by atoms with Gasteiger partial charge in [-0.1, -0.05) is 32.9 Å². The molecule has 1 heterocycles. The largest absolute Gasteiger partial charge is 0.394 e. The van der Waals surface area contributed by atoms with Crippen molar-refractivity contribution in [2.24, 2.45) is 12.5 Å². The molecule has 0 radical (unpaired) electrons. The molecule has 1 amide bonds. The van der Waals surface area contributed by atoms with E-state index in [9.17, 15) is 9.90 Å². The summed E-state index contributed by atoms with van der Waals surface area (Å²) >= 11 is 0. The maximum atomic E-state index is 12.6. The Balaban J connectivity index is 2.20. The summed E-state index contributed by atoms with van der Waals surface area (Å²) in [6.45, 7) is 5.95. The van der Waals surface area contributed by atoms with Gasteiger partial charge in [0.2, 0.25) is 0 Å². The summed E-state index contributed by atoms with van der Waals surface area (Å²) in [5.74, 6) is 0.516. The number of hydrogen-bond acceptors (Lipinski definition) is 4. The summed E-state index contributed by atoms with van der Waals surface area (Å²) in [6, 6.07) is 6.96. The summed E-state index contributed by atoms with van der Waals surface area (Å²) in [7, 11) is 3.54. The second-order valence-corrected chi connectivity index (χ2v) is 6.80. The first-order valence-corrected chi connectivity index (χ1v) is 7.58. The van der Waals surface area contributed by atoms with Crippen LogP contribution in [0.25, 0.3) is 11.4 Å². The molecule has 1 unspecified atom stereocenters. The summed E-state index contributed by atoms with van der Waals surface area (Å²) in [5, 5.41) is 13.9. The van der Waals surface area contributed by atoms with E-state index in [2.05, 4.69) is 10.1 Å². The Morgan fingerprint density at radius 1 is 1.30 bits per heavy atom. The molecule has 1 atom stereocenters. The molecular formula is C17H24N4O2. The zero-order valence-corrected chi connectivity index (χ0v) is 14.3. The molecule has 0 bridgehead atoms. The highest BCUT2D eigenvalue weighted by Gasteiger charge is 2.30. The quantitative estimate of drug-likeness (QED) is 0.936. The number of aryl methyl sites for hydroxylation is 1. The molecule has 0 saturated carbocycles. The van der Waals surface area contributed by atoms with Crippen LogP contribution in [0.4, 0.5) is 0 Å². The number of aromatic nitrogens is 3. The predicted molar refractivity (Wildman–Crippen MR) is 88.9 cm³/mol. The van der Waals surface area contributed by atoms with E-state index in [1.807, 2.05) is 40.0 Å². The van der Waals surface area contributed by atoms with Crippen LogP contribution in [-0.2, 0) is 7.05 Å². The number of benzene rings is 1. The van der Waals surface area contributed by atoms with Crippen LogP contribution in [0, 0.1) is 5.41 Å². The molecule has 6 nitrogen and oxygen atoms in total. The molecule has 2 rings (SSSR count). The first-order chi connectivity index (χ1) is 10.7. The average molecular weight is 316 g/mol. The fourth-order valence-electron chi connectivity index (χ4n) is 2.56. The van der Waals surface area contributed by atoms with Gasteiger partial charge < -0.3 is 10.0 Å². The molecule has 0 spiro atoms. The van der Waals surface area contributed by atoms with Crippen molar-refractivity contribution in [2.75, 3.05) is 13.7 Å². The number of likely N-dealkylation sites (N-methyl/N-ethyl adjacent to an activating group) is 1. The van der Waals surface area contributed by atoms with E-state index in [0.717, 1.165) is 5.56 Å². The van der Waals surface area contributed by atoms with E-state index in [0.29, 0.717) is 11.4 Å². The molecule has 124 valence electrons. The smallest absolute Gasteiger partial charge is 0.253 e. The molecule has 23 heavy (non-hydrogen) atoms. The summed E-state index contributed by atoms with van der Waals surface area (Å²) < 4.78 is 1.64. The van der Waals surface area contributed by atoms with Crippen molar-refractivity contribution in [2.45, 2.75) is 26.8 Å². The van der Waals surface area contributed by atoms with E-state index in [4.69, 9.17) is 0 Å². The van der Waals surface area contributed by atoms with Crippen LogP contribution in [0.1, 0.15) is 31.1 Å². The van der Waals surface area contributed by atoms with Crippen molar-refractivity contribution in [3.05, 3.63) is 36.2 Å². The molecule has 2 aromatic rings. The van der Waals surface area contributed by atoms with Crippen molar-refractivity contribution < 1.29 is 9.90 Å². The number of carbonyl (C=O) groups excluding carboxylic acids is 1. The van der Waals surface area contributed by atoms with E-state index in [1.54, 1.807) is 35.1 Å². The number of aliphatic hydroxyl groups excluding tert-OH is 1. The maximum absolute atomic E-state index is 12.6. The molecule has 0 aliphatic carbocycles. The van der Waals surface area contributed by atoms with Crippen LogP contribution in [0.2, 0.25) is 0 Å². The first kappa shape index (κ1) is 17.1. The van der Waals surface area contributed by atoms with Gasteiger partial charge in [-0.25, -0.2) is 4.98 Å². The van der Waals surface area contributed by atoms with Gasteiger partial charge in [0.1, 0.15) is 6.33 Å². The highest BCUT2D eigenvalue weighted by atomic mass is 16.3. The first-order valence-electron chi connectivity index (χ1n) is 7.58. The molecule has 1 aromatic carbocycles. The van der Waals surface area contributed by atoms with Crippen molar-refractivity contribution in [3.63, 3.8) is 0 Å². The van der Waals surface area contributed by atoms with Crippen molar-refractivity contribution in [3.8, 4) is 11.4 Å². The van der Waals surface area contributed by atoms with E-state index in [1.165, 1.54) is 0 Å². The number of carbonyl (C=O) groups is 1. The number of aliphatic hydroxyl groups is 1. The van der Waals surface area contributed by atoms with E-state index >= 15 is 0 Å². The molecule has 1 N–H and O–H groups in total. The normalized spacial score (nSPS) is 13.0. The third-order valence-electron chi connectivity index (χ3n) is 3.95. The van der Waals surface area contributed by atoms with Gasteiger partial charge >= 0.3 is 0 Å². The minimum atomic E-state index is -0.243. The zero-order valence-electron chi connectivity index (χ0n) is 14.3. The molecular weight excluding hydrogens is 292 g/mol. The lowest BCUT2D eigenvalue weighted by Gasteiger charge is -2.36. The Morgan fingerprint density at radius 2 is 1.91 bits per heavy atom. The summed E-state index contributed by atoms with van der Waals surface area (Å²) in [5.41, 5.74) is 1.24. The lowest BCUT2D eigenvalue weighted by molar-refractivity contribution is 0.0434. The number of nitrogens with zero attached hydrogens (tertiary/aromatic N) is 4. The van der Waals surface area contributed by atoms with Gasteiger partial charge in [-0.3, -0.25) is 9.48 Å². The molecule has 1 aromatic heterocycles. The number of hydrogen-bond donors (Lipinski definition) is 1. The predicted octanol–water partition coefficient (Wildman–Crippen LogP) is 1.96. The zero-order chi connectivity index (χ0) is 17.2. The van der Waals surface area contributed by atoms with E-state index in [-0.39, 0.29) is 24.0 Å².